The van der Waals surface area contributed by atoms with E-state index in [9.17, 15) is 9.59 Å². The van der Waals surface area contributed by atoms with Crippen molar-refractivity contribution in [3.63, 3.8) is 0 Å². The van der Waals surface area contributed by atoms with Crippen LogP contribution >= 0.6 is 22.9 Å². The van der Waals surface area contributed by atoms with Crippen LogP contribution in [0.3, 0.4) is 0 Å². The zero-order valence-corrected chi connectivity index (χ0v) is 12.4. The maximum Gasteiger partial charge on any atom is 0.222 e. The number of amides is 1. The van der Waals surface area contributed by atoms with Crippen molar-refractivity contribution >= 4 is 34.6 Å². The highest BCUT2D eigenvalue weighted by atomic mass is 35.5. The SMILES string of the molecule is CNC(=O)C1CCN(CC(=O)c2ccc(Cl)s2)CC1. The fraction of sp³-hybridized carbons (Fsp3) is 0.538. The molecule has 19 heavy (non-hydrogen) atoms. The van der Waals surface area contributed by atoms with Gasteiger partial charge >= 0.3 is 0 Å². The molecule has 1 aliphatic heterocycles. The minimum atomic E-state index is 0.0903. The van der Waals surface area contributed by atoms with Crippen LogP contribution in [0, 0.1) is 5.92 Å². The zero-order chi connectivity index (χ0) is 13.8. The fourth-order valence-electron chi connectivity index (χ4n) is 2.30. The Morgan fingerprint density at radius 2 is 2.11 bits per heavy atom. The Morgan fingerprint density at radius 3 is 2.63 bits per heavy atom. The lowest BCUT2D eigenvalue weighted by Gasteiger charge is -2.30. The van der Waals surface area contributed by atoms with Gasteiger partial charge in [0.2, 0.25) is 5.91 Å². The predicted octanol–water partition coefficient (Wildman–Crippen LogP) is 2.04. The minimum Gasteiger partial charge on any atom is -0.359 e. The van der Waals surface area contributed by atoms with Gasteiger partial charge in [0.1, 0.15) is 0 Å². The van der Waals surface area contributed by atoms with Gasteiger partial charge in [-0.05, 0) is 38.1 Å². The van der Waals surface area contributed by atoms with Crippen molar-refractivity contribution in [1.82, 2.24) is 10.2 Å². The average Bonchev–Trinajstić information content (AvgIpc) is 2.85. The molecule has 2 rings (SSSR count). The second-order valence-corrected chi connectivity index (χ2v) is 6.41. The van der Waals surface area contributed by atoms with Gasteiger partial charge in [0.05, 0.1) is 15.8 Å². The summed E-state index contributed by atoms with van der Waals surface area (Å²) in [6, 6.07) is 3.52. The number of carbonyl (C=O) groups is 2. The first-order valence-electron chi connectivity index (χ1n) is 6.32. The molecule has 0 atom stereocenters. The zero-order valence-electron chi connectivity index (χ0n) is 10.8. The smallest absolute Gasteiger partial charge is 0.222 e. The summed E-state index contributed by atoms with van der Waals surface area (Å²) in [5, 5.41) is 2.68. The number of Topliss-reactive ketones (excluding diaryl/α,β-unsaturated/α-hetero) is 1. The van der Waals surface area contributed by atoms with E-state index in [1.165, 1.54) is 11.3 Å². The molecule has 0 spiro atoms. The summed E-state index contributed by atoms with van der Waals surface area (Å²) in [5.41, 5.74) is 0. The molecule has 0 aromatic carbocycles. The van der Waals surface area contributed by atoms with Crippen molar-refractivity contribution in [2.45, 2.75) is 12.8 Å². The number of nitrogens with zero attached hydrogens (tertiary/aromatic N) is 1. The van der Waals surface area contributed by atoms with E-state index >= 15 is 0 Å². The number of hydrogen-bond acceptors (Lipinski definition) is 4. The Kier molecular flexibility index (Phi) is 4.96. The minimum absolute atomic E-state index is 0.0903. The molecule has 6 heteroatoms. The molecule has 0 aliphatic carbocycles. The van der Waals surface area contributed by atoms with Crippen LogP contribution in [-0.2, 0) is 4.79 Å². The normalized spacial score (nSPS) is 17.4. The Hall–Kier alpha value is -0.910. The van der Waals surface area contributed by atoms with E-state index in [2.05, 4.69) is 10.2 Å². The second kappa shape index (κ2) is 6.50. The van der Waals surface area contributed by atoms with Gasteiger partial charge in [-0.3, -0.25) is 14.5 Å². The van der Waals surface area contributed by atoms with Crippen LogP contribution in [0.25, 0.3) is 0 Å². The molecule has 4 nitrogen and oxygen atoms in total. The van der Waals surface area contributed by atoms with Gasteiger partial charge in [-0.25, -0.2) is 0 Å². The second-order valence-electron chi connectivity index (χ2n) is 4.69. The molecule has 0 saturated carbocycles. The Labute approximate surface area is 121 Å². The van der Waals surface area contributed by atoms with Crippen LogP contribution in [0.15, 0.2) is 12.1 Å². The molecule has 1 aromatic rings. The number of likely N-dealkylation sites (tertiary alicyclic amines) is 1. The van der Waals surface area contributed by atoms with E-state index in [1.54, 1.807) is 19.2 Å². The number of halogens is 1. The molecule has 1 fully saturated rings. The summed E-state index contributed by atoms with van der Waals surface area (Å²) in [6.45, 7) is 2.00. The van der Waals surface area contributed by atoms with Gasteiger partial charge in [-0.15, -0.1) is 11.3 Å². The third kappa shape index (κ3) is 3.78. The monoisotopic (exact) mass is 300 g/mol. The van der Waals surface area contributed by atoms with Crippen molar-refractivity contribution < 1.29 is 9.59 Å². The quantitative estimate of drug-likeness (QED) is 0.866. The van der Waals surface area contributed by atoms with Gasteiger partial charge in [0.15, 0.2) is 5.78 Å². The number of carbonyl (C=O) groups excluding carboxylic acids is 2. The molecule has 1 aromatic heterocycles. The Morgan fingerprint density at radius 1 is 1.42 bits per heavy atom. The predicted molar refractivity (Wildman–Crippen MR) is 76.9 cm³/mol. The van der Waals surface area contributed by atoms with E-state index < -0.39 is 0 Å². The van der Waals surface area contributed by atoms with Crippen molar-refractivity contribution in [1.29, 1.82) is 0 Å². The first-order chi connectivity index (χ1) is 9.10. The van der Waals surface area contributed by atoms with E-state index in [0.29, 0.717) is 15.8 Å². The lowest BCUT2D eigenvalue weighted by Crippen LogP contribution is -2.41. The van der Waals surface area contributed by atoms with E-state index in [0.717, 1.165) is 25.9 Å². The number of nitrogens with one attached hydrogen (secondary N) is 1. The summed E-state index contributed by atoms with van der Waals surface area (Å²) in [4.78, 5) is 26.4. The molecular formula is C13H17ClN2O2S. The van der Waals surface area contributed by atoms with Gasteiger partial charge in [-0.1, -0.05) is 11.6 Å². The Balaban J connectivity index is 1.82. The first kappa shape index (κ1) is 14.5. The summed E-state index contributed by atoms with van der Waals surface area (Å²) in [7, 11) is 1.67. The molecule has 1 aliphatic rings. The summed E-state index contributed by atoms with van der Waals surface area (Å²) < 4.78 is 0.640. The number of thiophene rings is 1. The third-order valence-corrected chi connectivity index (χ3v) is 4.69. The van der Waals surface area contributed by atoms with E-state index in [4.69, 9.17) is 11.6 Å². The van der Waals surface area contributed by atoms with Crippen LogP contribution < -0.4 is 5.32 Å². The molecule has 0 radical (unpaired) electrons. The highest BCUT2D eigenvalue weighted by molar-refractivity contribution is 7.18. The van der Waals surface area contributed by atoms with Crippen LogP contribution in [0.4, 0.5) is 0 Å². The van der Waals surface area contributed by atoms with Gasteiger partial charge in [-0.2, -0.15) is 0 Å². The largest absolute Gasteiger partial charge is 0.359 e. The summed E-state index contributed by atoms with van der Waals surface area (Å²) in [6.07, 6.45) is 1.64. The first-order valence-corrected chi connectivity index (χ1v) is 7.52. The van der Waals surface area contributed by atoms with Crippen molar-refractivity contribution in [2.24, 2.45) is 5.92 Å². The molecule has 0 bridgehead atoms. The van der Waals surface area contributed by atoms with Crippen molar-refractivity contribution in [3.8, 4) is 0 Å². The van der Waals surface area contributed by atoms with Crippen molar-refractivity contribution in [2.75, 3.05) is 26.7 Å². The molecule has 0 unspecified atom stereocenters. The van der Waals surface area contributed by atoms with Crippen LogP contribution in [0.2, 0.25) is 4.34 Å². The van der Waals surface area contributed by atoms with Crippen LogP contribution in [-0.4, -0.2) is 43.3 Å². The van der Waals surface area contributed by atoms with E-state index in [1.807, 2.05) is 0 Å². The van der Waals surface area contributed by atoms with Crippen LogP contribution in [0.5, 0.6) is 0 Å². The standard InChI is InChI=1S/C13H17ClN2O2S/c1-15-13(18)9-4-6-16(7-5-9)8-10(17)11-2-3-12(14)19-11/h2-3,9H,4-8H2,1H3,(H,15,18). The van der Waals surface area contributed by atoms with Gasteiger partial charge in [0.25, 0.3) is 0 Å². The highest BCUT2D eigenvalue weighted by Gasteiger charge is 2.25. The average molecular weight is 301 g/mol. The number of rotatable bonds is 4. The molecule has 1 N–H and O–H groups in total. The maximum absolute atomic E-state index is 12.0. The van der Waals surface area contributed by atoms with E-state index in [-0.39, 0.29) is 17.6 Å². The van der Waals surface area contributed by atoms with Gasteiger partial charge < -0.3 is 5.32 Å². The lowest BCUT2D eigenvalue weighted by molar-refractivity contribution is -0.125. The molecular weight excluding hydrogens is 284 g/mol. The summed E-state index contributed by atoms with van der Waals surface area (Å²) >= 11 is 7.14. The topological polar surface area (TPSA) is 49.4 Å². The molecule has 1 saturated heterocycles. The summed E-state index contributed by atoms with van der Waals surface area (Å²) in [5.74, 6) is 0.304. The van der Waals surface area contributed by atoms with Gasteiger partial charge in [0, 0.05) is 13.0 Å². The third-order valence-electron chi connectivity index (χ3n) is 3.42. The number of hydrogen-bond donors (Lipinski definition) is 1. The highest BCUT2D eigenvalue weighted by Crippen LogP contribution is 2.23. The maximum atomic E-state index is 12.0. The fourth-order valence-corrected chi connectivity index (χ4v) is 3.28. The number of ketones is 1. The number of piperidine rings is 1. The molecule has 2 heterocycles. The molecule has 104 valence electrons. The Bertz CT molecular complexity index is 467. The van der Waals surface area contributed by atoms with Crippen molar-refractivity contribution in [3.05, 3.63) is 21.3 Å². The lowest BCUT2D eigenvalue weighted by atomic mass is 9.96. The molecule has 1 amide bonds. The van der Waals surface area contributed by atoms with Crippen LogP contribution in [0.1, 0.15) is 22.5 Å².